The molecule has 1 heterocycles. The fourth-order valence-corrected chi connectivity index (χ4v) is 7.89. The Bertz CT molecular complexity index is 1800. The third-order valence-electron chi connectivity index (χ3n) is 8.84. The summed E-state index contributed by atoms with van der Waals surface area (Å²) in [5, 5.41) is 10.2. The lowest BCUT2D eigenvalue weighted by Gasteiger charge is -2.35. The van der Waals surface area contributed by atoms with E-state index >= 15 is 0 Å². The van der Waals surface area contributed by atoms with Gasteiger partial charge in [0, 0.05) is 38.3 Å². The molecule has 0 spiro atoms. The number of rotatable bonds is 10. The van der Waals surface area contributed by atoms with Gasteiger partial charge in [-0.3, -0.25) is 9.52 Å². The monoisotopic (exact) mass is 731 g/mol. The van der Waals surface area contributed by atoms with Crippen molar-refractivity contribution in [2.45, 2.75) is 75.0 Å². The number of aliphatic hydroxyl groups is 1. The Kier molecular flexibility index (Phi) is 13.3. The number of nitrogens with zero attached hydrogens (tertiary/aromatic N) is 2. The average molecular weight is 732 g/mol. The van der Waals surface area contributed by atoms with E-state index in [2.05, 4.69) is 4.72 Å². The van der Waals surface area contributed by atoms with Crippen LogP contribution in [0.1, 0.15) is 56.0 Å². The molecule has 0 bridgehead atoms. The lowest BCUT2D eigenvalue weighted by atomic mass is 10.0. The number of methoxy groups -OCH3 is 1. The molecule has 3 aromatic rings. The van der Waals surface area contributed by atoms with E-state index < -0.39 is 38.1 Å². The van der Waals surface area contributed by atoms with Gasteiger partial charge in [-0.25, -0.2) is 16.8 Å². The normalized spacial score (nSPS) is 20.4. The lowest BCUT2D eigenvalue weighted by Crippen LogP contribution is -2.48. The molecule has 0 aliphatic carbocycles. The number of aryl methyl sites for hydroxylation is 1. The van der Waals surface area contributed by atoms with Gasteiger partial charge in [0.25, 0.3) is 15.9 Å². The van der Waals surface area contributed by atoms with Crippen LogP contribution in [0.3, 0.4) is 0 Å². The van der Waals surface area contributed by atoms with Crippen LogP contribution in [0, 0.1) is 12.8 Å². The molecule has 1 aliphatic heterocycles. The summed E-state index contributed by atoms with van der Waals surface area (Å²) in [6, 6.07) is 16.5. The van der Waals surface area contributed by atoms with Crippen molar-refractivity contribution in [1.82, 2.24) is 9.21 Å². The minimum Gasteiger partial charge on any atom is -0.497 e. The van der Waals surface area contributed by atoms with E-state index in [0.717, 1.165) is 12.0 Å². The predicted octanol–water partition coefficient (Wildman–Crippen LogP) is 4.92. The zero-order valence-electron chi connectivity index (χ0n) is 29.5. The zero-order valence-corrected chi connectivity index (χ0v) is 31.2. The summed E-state index contributed by atoms with van der Waals surface area (Å²) in [5.74, 6) is -0.0627. The summed E-state index contributed by atoms with van der Waals surface area (Å²) in [6.45, 7) is 7.56. The number of benzene rings is 3. The van der Waals surface area contributed by atoms with Crippen molar-refractivity contribution in [3.8, 4) is 11.5 Å². The van der Waals surface area contributed by atoms with Crippen LogP contribution in [0.5, 0.6) is 11.5 Å². The second-order valence-electron chi connectivity index (χ2n) is 12.9. The lowest BCUT2D eigenvalue weighted by molar-refractivity contribution is -0.00833. The topological polar surface area (TPSA) is 152 Å². The van der Waals surface area contributed by atoms with Gasteiger partial charge in [0.05, 0.1) is 47.3 Å². The standard InChI is InChI=1S/C36H49N3O9S2/c1-25-10-15-32(16-11-25)50(44,45)38(5)23-35-26(2)22-39(27(3)24-40)36(41)33-21-29(12-19-34(33)48-28(4)9-7-8-20-47-35)37-49(42,43)31-17-13-30(46-6)14-18-31/h10-19,21,26-28,35,37,40H,7-9,20,22-24H2,1-6H3/t26-,27+,28+,35-/m0/s1. The number of sulfonamides is 2. The average Bonchev–Trinajstić information content (AvgIpc) is 3.09. The van der Waals surface area contributed by atoms with Gasteiger partial charge >= 0.3 is 0 Å². The Morgan fingerprint density at radius 1 is 1.00 bits per heavy atom. The molecule has 0 saturated carbocycles. The van der Waals surface area contributed by atoms with Crippen molar-refractivity contribution in [1.29, 1.82) is 0 Å². The summed E-state index contributed by atoms with van der Waals surface area (Å²) in [6.07, 6.45) is 1.26. The maximum absolute atomic E-state index is 14.4. The van der Waals surface area contributed by atoms with Crippen LogP contribution in [0.15, 0.2) is 76.5 Å². The first kappa shape index (κ1) is 39.1. The van der Waals surface area contributed by atoms with E-state index in [1.807, 2.05) is 20.8 Å². The number of amides is 1. The highest BCUT2D eigenvalue weighted by molar-refractivity contribution is 7.92. The Morgan fingerprint density at radius 3 is 2.30 bits per heavy atom. The summed E-state index contributed by atoms with van der Waals surface area (Å²) >= 11 is 0. The third-order valence-corrected chi connectivity index (χ3v) is 12.1. The minimum atomic E-state index is -4.02. The number of carbonyl (C=O) groups is 1. The van der Waals surface area contributed by atoms with Gasteiger partial charge < -0.3 is 24.2 Å². The molecule has 0 unspecified atom stereocenters. The number of ether oxygens (including phenoxy) is 3. The van der Waals surface area contributed by atoms with Gasteiger partial charge in [-0.15, -0.1) is 0 Å². The molecule has 3 aromatic carbocycles. The Labute approximate surface area is 296 Å². The first-order valence-electron chi connectivity index (χ1n) is 16.7. The van der Waals surface area contributed by atoms with Crippen molar-refractivity contribution in [3.05, 3.63) is 77.9 Å². The zero-order chi connectivity index (χ0) is 36.6. The molecule has 2 N–H and O–H groups in total. The highest BCUT2D eigenvalue weighted by Crippen LogP contribution is 2.30. The van der Waals surface area contributed by atoms with Crippen molar-refractivity contribution < 1.29 is 40.9 Å². The van der Waals surface area contributed by atoms with Gasteiger partial charge in [0.1, 0.15) is 11.5 Å². The number of carbonyl (C=O) groups excluding carboxylic acids is 1. The number of hydrogen-bond acceptors (Lipinski definition) is 9. The fraction of sp³-hybridized carbons (Fsp3) is 0.472. The molecule has 4 rings (SSSR count). The molecule has 4 atom stereocenters. The van der Waals surface area contributed by atoms with Crippen LogP contribution in [0.2, 0.25) is 0 Å². The van der Waals surface area contributed by atoms with Crippen LogP contribution in [0.4, 0.5) is 5.69 Å². The molecule has 14 heteroatoms. The van der Waals surface area contributed by atoms with Crippen LogP contribution >= 0.6 is 0 Å². The first-order valence-corrected chi connectivity index (χ1v) is 19.6. The Hall–Kier alpha value is -3.69. The van der Waals surface area contributed by atoms with E-state index in [4.69, 9.17) is 14.2 Å². The van der Waals surface area contributed by atoms with E-state index in [1.54, 1.807) is 55.5 Å². The SMILES string of the molecule is COc1ccc(S(=O)(=O)Nc2ccc3c(c2)C(=O)N([C@H](C)CO)C[C@H](C)[C@H](CN(C)S(=O)(=O)c2ccc(C)cc2)OCCCC[C@@H](C)O3)cc1. The maximum atomic E-state index is 14.4. The van der Waals surface area contributed by atoms with Crippen LogP contribution in [0.25, 0.3) is 0 Å². The molecule has 0 radical (unpaired) electrons. The number of fused-ring (bicyclic) bond motifs is 1. The number of nitrogens with one attached hydrogen (secondary N) is 1. The Morgan fingerprint density at radius 2 is 1.66 bits per heavy atom. The highest BCUT2D eigenvalue weighted by Gasteiger charge is 2.32. The third kappa shape index (κ3) is 9.75. The van der Waals surface area contributed by atoms with Crippen LogP contribution < -0.4 is 14.2 Å². The van der Waals surface area contributed by atoms with Gasteiger partial charge in [0.15, 0.2) is 0 Å². The number of anilines is 1. The van der Waals surface area contributed by atoms with Gasteiger partial charge in [0.2, 0.25) is 10.0 Å². The van der Waals surface area contributed by atoms with Crippen LogP contribution in [-0.4, -0.2) is 95.8 Å². The van der Waals surface area contributed by atoms with Crippen molar-refractivity contribution in [2.24, 2.45) is 5.92 Å². The van der Waals surface area contributed by atoms with Crippen molar-refractivity contribution >= 4 is 31.6 Å². The van der Waals surface area contributed by atoms with E-state index in [1.165, 1.54) is 41.6 Å². The van der Waals surface area contributed by atoms with E-state index in [9.17, 15) is 26.7 Å². The minimum absolute atomic E-state index is 0.0133. The van der Waals surface area contributed by atoms with Crippen molar-refractivity contribution in [3.63, 3.8) is 0 Å². The summed E-state index contributed by atoms with van der Waals surface area (Å²) in [4.78, 5) is 16.1. The molecular weight excluding hydrogens is 683 g/mol. The quantitative estimate of drug-likeness (QED) is 0.296. The molecule has 0 fully saturated rings. The van der Waals surface area contributed by atoms with Gasteiger partial charge in [-0.05, 0) is 94.6 Å². The van der Waals surface area contributed by atoms with Gasteiger partial charge in [-0.1, -0.05) is 24.6 Å². The van der Waals surface area contributed by atoms with E-state index in [0.29, 0.717) is 25.2 Å². The van der Waals surface area contributed by atoms with E-state index in [-0.39, 0.29) is 58.5 Å². The molecule has 274 valence electrons. The molecule has 0 aromatic heterocycles. The second kappa shape index (κ2) is 17.0. The van der Waals surface area contributed by atoms with Gasteiger partial charge in [-0.2, -0.15) is 4.31 Å². The molecular formula is C36H49N3O9S2. The molecule has 0 saturated heterocycles. The smallest absolute Gasteiger partial charge is 0.261 e. The van der Waals surface area contributed by atoms with Crippen LogP contribution in [-0.2, 0) is 24.8 Å². The maximum Gasteiger partial charge on any atom is 0.261 e. The molecule has 12 nitrogen and oxygen atoms in total. The largest absolute Gasteiger partial charge is 0.497 e. The summed E-state index contributed by atoms with van der Waals surface area (Å²) < 4.78 is 75.0. The molecule has 1 amide bonds. The number of hydrogen-bond donors (Lipinski definition) is 2. The highest BCUT2D eigenvalue weighted by atomic mass is 32.2. The fourth-order valence-electron chi connectivity index (χ4n) is 5.66. The summed E-state index contributed by atoms with van der Waals surface area (Å²) in [7, 11) is -4.84. The Balaban J connectivity index is 1.67. The predicted molar refractivity (Wildman–Crippen MR) is 192 cm³/mol. The number of likely N-dealkylation sites (N-methyl/N-ethyl adjacent to an activating group) is 1. The summed E-state index contributed by atoms with van der Waals surface area (Å²) in [5.41, 5.74) is 1.22. The molecule has 1 aliphatic rings. The molecule has 50 heavy (non-hydrogen) atoms. The second-order valence-corrected chi connectivity index (χ2v) is 16.6. The number of aliphatic hydroxyl groups excluding tert-OH is 1. The first-order chi connectivity index (χ1) is 23.7. The van der Waals surface area contributed by atoms with Crippen molar-refractivity contribution in [2.75, 3.05) is 45.2 Å².